The lowest BCUT2D eigenvalue weighted by Crippen LogP contribution is -2.97. The Kier molecular flexibility index (Phi) is 1.44. The van der Waals surface area contributed by atoms with Gasteiger partial charge in [0, 0.05) is 0 Å². The number of nitrogens with two attached hydrogens (primary N) is 4. The lowest BCUT2D eigenvalue weighted by Gasteiger charge is -2.68. The van der Waals surface area contributed by atoms with Gasteiger partial charge >= 0.3 is 0 Å². The van der Waals surface area contributed by atoms with Crippen LogP contribution >= 0.6 is 0 Å². The zero-order valence-electron chi connectivity index (χ0n) is 7.93. The Balaban J connectivity index is 2.04. The molecule has 0 amide bonds. The first kappa shape index (κ1) is 8.95. The second kappa shape index (κ2) is 2.26. The van der Waals surface area contributed by atoms with Gasteiger partial charge < -0.3 is 0 Å². The fraction of sp³-hybridized carbons (Fsp3) is 1.00. The van der Waals surface area contributed by atoms with Crippen molar-refractivity contribution in [2.24, 2.45) is 22.9 Å². The van der Waals surface area contributed by atoms with Crippen LogP contribution in [0.5, 0.6) is 0 Å². The molecule has 4 fully saturated rings. The van der Waals surface area contributed by atoms with Gasteiger partial charge in [0.2, 0.25) is 0 Å². The summed E-state index contributed by atoms with van der Waals surface area (Å²) >= 11 is 0. The summed E-state index contributed by atoms with van der Waals surface area (Å²) in [5, 5.41) is 0. The van der Waals surface area contributed by atoms with E-state index in [-0.39, 0.29) is 0 Å². The average molecular weight is 200 g/mol. The molecule has 0 aliphatic carbocycles. The van der Waals surface area contributed by atoms with E-state index in [0.717, 1.165) is 13.3 Å². The zero-order valence-corrected chi connectivity index (χ0v) is 7.93. The molecule has 4 bridgehead atoms. The first-order valence-electron chi connectivity index (χ1n) is 4.58. The van der Waals surface area contributed by atoms with Crippen molar-refractivity contribution in [3.63, 3.8) is 0 Å². The molecule has 0 aromatic carbocycles. The highest BCUT2D eigenvalue weighted by atomic mass is 15.8. The molecule has 2 atom stereocenters. The van der Waals surface area contributed by atoms with Crippen molar-refractivity contribution in [2.75, 3.05) is 26.7 Å². The smallest absolute Gasteiger partial charge is 0.188 e. The van der Waals surface area contributed by atoms with Gasteiger partial charge in [-0.3, -0.25) is 27.8 Å². The fourth-order valence-corrected chi connectivity index (χ4v) is 2.42. The number of hydrogen-bond acceptors (Lipinski definition) is 8. The Hall–Kier alpha value is -0.320. The highest BCUT2D eigenvalue weighted by Crippen LogP contribution is 2.33. The normalized spacial score (nSPS) is 52.3. The molecular weight excluding hydrogens is 184 g/mol. The van der Waals surface area contributed by atoms with Crippen molar-refractivity contribution in [1.82, 2.24) is 19.6 Å². The summed E-state index contributed by atoms with van der Waals surface area (Å²) in [5.74, 6) is -2.06. The van der Waals surface area contributed by atoms with Crippen LogP contribution in [0.1, 0.15) is 0 Å². The Bertz CT molecular complexity index is 251. The standard InChI is InChI=1S/C6H16N8/c7-5(8)12-1-11-2-13(4-12)6(9,10)14(5)3-11/h1-4,7-10H2. The van der Waals surface area contributed by atoms with E-state index in [1.54, 1.807) is 4.90 Å². The molecule has 0 saturated carbocycles. The van der Waals surface area contributed by atoms with E-state index in [1.165, 1.54) is 0 Å². The van der Waals surface area contributed by atoms with Gasteiger partial charge in [-0.25, -0.2) is 14.7 Å². The van der Waals surface area contributed by atoms with Gasteiger partial charge in [-0.15, -0.1) is 0 Å². The lowest BCUT2D eigenvalue weighted by molar-refractivity contribution is -0.338. The predicted molar refractivity (Wildman–Crippen MR) is 49.0 cm³/mol. The Morgan fingerprint density at radius 2 is 1.21 bits per heavy atom. The summed E-state index contributed by atoms with van der Waals surface area (Å²) in [6.07, 6.45) is 0. The SMILES string of the molecule is NC1(N)N2CN3CN(C2)C(N)(N)N1C3. The molecule has 0 aromatic heterocycles. The van der Waals surface area contributed by atoms with E-state index in [9.17, 15) is 0 Å². The lowest BCUT2D eigenvalue weighted by atomic mass is 10.2. The van der Waals surface area contributed by atoms with Crippen LogP contribution < -0.4 is 22.9 Å². The first-order chi connectivity index (χ1) is 6.42. The van der Waals surface area contributed by atoms with E-state index in [1.807, 2.05) is 9.80 Å². The topological polar surface area (TPSA) is 117 Å². The molecule has 4 rings (SSSR count). The van der Waals surface area contributed by atoms with Crippen LogP contribution in [0.25, 0.3) is 0 Å². The van der Waals surface area contributed by atoms with Crippen molar-refractivity contribution >= 4 is 0 Å². The third kappa shape index (κ3) is 0.846. The van der Waals surface area contributed by atoms with E-state index in [4.69, 9.17) is 22.9 Å². The molecule has 4 heterocycles. The number of hydrogen-bond donors (Lipinski definition) is 4. The minimum Gasteiger partial charge on any atom is -0.287 e. The van der Waals surface area contributed by atoms with Crippen molar-refractivity contribution in [2.45, 2.75) is 11.8 Å². The molecule has 8 nitrogen and oxygen atoms in total. The molecule has 0 spiro atoms. The average Bonchev–Trinajstić information content (AvgIpc) is 2.09. The van der Waals surface area contributed by atoms with Gasteiger partial charge in [0.05, 0.1) is 26.7 Å². The molecule has 8 N–H and O–H groups in total. The predicted octanol–water partition coefficient (Wildman–Crippen LogP) is -3.88. The van der Waals surface area contributed by atoms with Crippen molar-refractivity contribution in [3.8, 4) is 0 Å². The molecule has 4 aliphatic rings. The molecular formula is C6H16N8. The molecule has 14 heavy (non-hydrogen) atoms. The summed E-state index contributed by atoms with van der Waals surface area (Å²) in [7, 11) is 0. The Morgan fingerprint density at radius 3 is 1.71 bits per heavy atom. The summed E-state index contributed by atoms with van der Waals surface area (Å²) in [5.41, 5.74) is 24.0. The first-order valence-corrected chi connectivity index (χ1v) is 4.58. The van der Waals surface area contributed by atoms with Crippen LogP contribution in [0.3, 0.4) is 0 Å². The summed E-state index contributed by atoms with van der Waals surface area (Å²) in [4.78, 5) is 7.77. The van der Waals surface area contributed by atoms with E-state index < -0.39 is 11.8 Å². The van der Waals surface area contributed by atoms with E-state index >= 15 is 0 Å². The van der Waals surface area contributed by atoms with Crippen LogP contribution in [0.4, 0.5) is 0 Å². The van der Waals surface area contributed by atoms with Crippen molar-refractivity contribution < 1.29 is 0 Å². The monoisotopic (exact) mass is 200 g/mol. The van der Waals surface area contributed by atoms with Gasteiger partial charge in [-0.2, -0.15) is 0 Å². The Morgan fingerprint density at radius 1 is 0.714 bits per heavy atom. The quantitative estimate of drug-likeness (QED) is 0.293. The largest absolute Gasteiger partial charge is 0.287 e. The van der Waals surface area contributed by atoms with Gasteiger partial charge in [0.25, 0.3) is 0 Å². The molecule has 2 unspecified atom stereocenters. The van der Waals surface area contributed by atoms with Gasteiger partial charge in [-0.1, -0.05) is 0 Å². The van der Waals surface area contributed by atoms with Gasteiger partial charge in [0.1, 0.15) is 0 Å². The van der Waals surface area contributed by atoms with Crippen LogP contribution in [0.2, 0.25) is 0 Å². The molecule has 4 aliphatic heterocycles. The second-order valence-corrected chi connectivity index (χ2v) is 4.31. The van der Waals surface area contributed by atoms with Gasteiger partial charge in [-0.05, 0) is 0 Å². The summed E-state index contributed by atoms with van der Waals surface area (Å²) in [6, 6.07) is 0. The van der Waals surface area contributed by atoms with Gasteiger partial charge in [0.15, 0.2) is 11.8 Å². The Labute approximate surface area is 81.9 Å². The molecule has 8 heteroatoms. The van der Waals surface area contributed by atoms with Crippen LogP contribution in [-0.2, 0) is 0 Å². The summed E-state index contributed by atoms with van der Waals surface area (Å²) in [6.45, 7) is 2.78. The zero-order chi connectivity index (χ0) is 10.1. The minimum absolute atomic E-state index is 0.618. The fourth-order valence-electron chi connectivity index (χ4n) is 2.42. The van der Waals surface area contributed by atoms with E-state index in [0.29, 0.717) is 13.3 Å². The second-order valence-electron chi connectivity index (χ2n) is 4.31. The third-order valence-electron chi connectivity index (χ3n) is 3.30. The highest BCUT2D eigenvalue weighted by molar-refractivity contribution is 5.00. The van der Waals surface area contributed by atoms with Crippen molar-refractivity contribution in [3.05, 3.63) is 0 Å². The molecule has 4 saturated heterocycles. The summed E-state index contributed by atoms with van der Waals surface area (Å²) < 4.78 is 0. The maximum atomic E-state index is 6.00. The molecule has 0 radical (unpaired) electrons. The highest BCUT2D eigenvalue weighted by Gasteiger charge is 2.59. The van der Waals surface area contributed by atoms with Crippen LogP contribution in [0, 0.1) is 0 Å². The molecule has 80 valence electrons. The van der Waals surface area contributed by atoms with Crippen LogP contribution in [-0.4, -0.2) is 58.1 Å². The van der Waals surface area contributed by atoms with E-state index in [2.05, 4.69) is 4.90 Å². The maximum Gasteiger partial charge on any atom is 0.188 e. The number of nitrogens with zero attached hydrogens (tertiary/aromatic N) is 4. The number of rotatable bonds is 0. The van der Waals surface area contributed by atoms with Crippen LogP contribution in [0.15, 0.2) is 0 Å². The minimum atomic E-state index is -1.03. The maximum absolute atomic E-state index is 6.00. The van der Waals surface area contributed by atoms with Crippen molar-refractivity contribution in [1.29, 1.82) is 0 Å². The third-order valence-corrected chi connectivity index (χ3v) is 3.30. The molecule has 0 aromatic rings.